The second-order valence-electron chi connectivity index (χ2n) is 13.4. The number of rotatable bonds is 12. The van der Waals surface area contributed by atoms with Crippen LogP contribution in [0.15, 0.2) is 61.1 Å². The lowest BCUT2D eigenvalue weighted by Crippen LogP contribution is -2.50. The van der Waals surface area contributed by atoms with Crippen LogP contribution in [0.4, 0.5) is 10.5 Å². The molecule has 0 radical (unpaired) electrons. The summed E-state index contributed by atoms with van der Waals surface area (Å²) in [5, 5.41) is 4.59. The first-order valence-electron chi connectivity index (χ1n) is 16.6. The predicted octanol–water partition coefficient (Wildman–Crippen LogP) is 6.22. The number of hydrogen-bond donors (Lipinski definition) is 0. The van der Waals surface area contributed by atoms with Crippen molar-refractivity contribution >= 4 is 23.7 Å². The second kappa shape index (κ2) is 15.0. The van der Waals surface area contributed by atoms with Crippen molar-refractivity contribution in [2.75, 3.05) is 44.7 Å². The number of carbonyl (C=O) groups is 2. The molecule has 2 unspecified atom stereocenters. The van der Waals surface area contributed by atoms with Crippen LogP contribution in [0, 0.1) is 12.8 Å². The molecule has 1 fully saturated rings. The van der Waals surface area contributed by atoms with E-state index < -0.39 is 5.60 Å². The Morgan fingerprint density at radius 1 is 1.06 bits per heavy atom. The minimum atomic E-state index is -0.511. The van der Waals surface area contributed by atoms with E-state index in [0.717, 1.165) is 57.9 Å². The Morgan fingerprint density at radius 3 is 2.40 bits per heavy atom. The highest BCUT2D eigenvalue weighted by atomic mass is 16.6. The third-order valence-electron chi connectivity index (χ3n) is 8.76. The zero-order chi connectivity index (χ0) is 34.4. The zero-order valence-electron chi connectivity index (χ0n) is 29.2. The average Bonchev–Trinajstić information content (AvgIpc) is 3.46. The number of carbonyl (C=O) groups excluding carboxylic acids is 2. The summed E-state index contributed by atoms with van der Waals surface area (Å²) in [6, 6.07) is 13.9. The van der Waals surface area contributed by atoms with E-state index in [-0.39, 0.29) is 18.1 Å². The molecule has 2 amide bonds. The number of pyridine rings is 2. The fourth-order valence-electron chi connectivity index (χ4n) is 6.00. The highest BCUT2D eigenvalue weighted by Gasteiger charge is 2.26. The van der Waals surface area contributed by atoms with Crippen LogP contribution < -0.4 is 14.4 Å². The molecular weight excluding hydrogens is 608 g/mol. The molecule has 2 atom stereocenters. The van der Waals surface area contributed by atoms with Crippen LogP contribution in [0.25, 0.3) is 16.8 Å². The highest BCUT2D eigenvalue weighted by Crippen LogP contribution is 2.32. The van der Waals surface area contributed by atoms with Crippen molar-refractivity contribution in [2.45, 2.75) is 66.2 Å². The Hall–Kier alpha value is -4.80. The Kier molecular flexibility index (Phi) is 10.8. The first kappa shape index (κ1) is 34.5. The summed E-state index contributed by atoms with van der Waals surface area (Å²) in [5.74, 6) is 1.62. The van der Waals surface area contributed by atoms with Crippen LogP contribution in [-0.2, 0) is 16.1 Å². The SMILES string of the molecule is CCC(CN(C=O)Cc1ccc(OC)cc1)C(C)Oc1cc(-c2ccc(N3CCN(C(=O)OC(C)(C)C)CC3)cn2)cn2ncc(C)c12. The van der Waals surface area contributed by atoms with Crippen LogP contribution in [0.3, 0.4) is 0 Å². The van der Waals surface area contributed by atoms with Crippen LogP contribution in [-0.4, -0.2) is 88.4 Å². The molecule has 5 rings (SSSR count). The first-order chi connectivity index (χ1) is 23.0. The fraction of sp³-hybridized carbons (Fsp3) is 0.459. The van der Waals surface area contributed by atoms with Gasteiger partial charge in [0.05, 0.1) is 30.9 Å². The van der Waals surface area contributed by atoms with Gasteiger partial charge in [-0.25, -0.2) is 9.31 Å². The van der Waals surface area contributed by atoms with Crippen molar-refractivity contribution in [2.24, 2.45) is 5.92 Å². The maximum absolute atomic E-state index is 12.5. The van der Waals surface area contributed by atoms with Crippen LogP contribution >= 0.6 is 0 Å². The number of ether oxygens (including phenoxy) is 3. The van der Waals surface area contributed by atoms with Crippen LogP contribution in [0.5, 0.6) is 11.5 Å². The molecule has 1 aliphatic rings. The monoisotopic (exact) mass is 656 g/mol. The number of anilines is 1. The Balaban J connectivity index is 1.28. The van der Waals surface area contributed by atoms with Crippen molar-refractivity contribution < 1.29 is 23.8 Å². The number of piperazine rings is 1. The Morgan fingerprint density at radius 2 is 1.79 bits per heavy atom. The van der Waals surface area contributed by atoms with Gasteiger partial charge in [-0.1, -0.05) is 19.1 Å². The van der Waals surface area contributed by atoms with Gasteiger partial charge >= 0.3 is 6.09 Å². The van der Waals surface area contributed by atoms with Gasteiger partial charge in [-0.3, -0.25) is 9.78 Å². The number of amides is 2. The minimum absolute atomic E-state index is 0.105. The minimum Gasteiger partial charge on any atom is -0.497 e. The zero-order valence-corrected chi connectivity index (χ0v) is 29.2. The Bertz CT molecular complexity index is 1670. The van der Waals surface area contributed by atoms with Gasteiger partial charge in [-0.15, -0.1) is 0 Å². The predicted molar refractivity (Wildman–Crippen MR) is 187 cm³/mol. The van der Waals surface area contributed by atoms with Crippen molar-refractivity contribution in [3.63, 3.8) is 0 Å². The second-order valence-corrected chi connectivity index (χ2v) is 13.4. The molecule has 0 N–H and O–H groups in total. The van der Waals surface area contributed by atoms with E-state index in [4.69, 9.17) is 19.2 Å². The van der Waals surface area contributed by atoms with Gasteiger partial charge in [-0.05, 0) is 82.5 Å². The molecule has 3 aromatic heterocycles. The number of hydrogen-bond acceptors (Lipinski definition) is 8. The third-order valence-corrected chi connectivity index (χ3v) is 8.76. The lowest BCUT2D eigenvalue weighted by Gasteiger charge is -2.36. The Labute approximate surface area is 283 Å². The fourth-order valence-corrected chi connectivity index (χ4v) is 6.00. The smallest absolute Gasteiger partial charge is 0.410 e. The number of aryl methyl sites for hydroxylation is 1. The third kappa shape index (κ3) is 8.37. The number of fused-ring (bicyclic) bond motifs is 1. The molecule has 1 aliphatic heterocycles. The molecule has 0 saturated carbocycles. The van der Waals surface area contributed by atoms with E-state index in [1.54, 1.807) is 16.9 Å². The van der Waals surface area contributed by atoms with E-state index in [1.165, 1.54) is 0 Å². The summed E-state index contributed by atoms with van der Waals surface area (Å²) >= 11 is 0. The van der Waals surface area contributed by atoms with Gasteiger partial charge in [0.1, 0.15) is 28.7 Å². The van der Waals surface area contributed by atoms with E-state index in [9.17, 15) is 9.59 Å². The molecule has 0 aliphatic carbocycles. The first-order valence-corrected chi connectivity index (χ1v) is 16.6. The molecule has 1 aromatic carbocycles. The molecule has 4 heterocycles. The number of nitrogens with zero attached hydrogens (tertiary/aromatic N) is 6. The van der Waals surface area contributed by atoms with Gasteiger partial charge < -0.3 is 28.9 Å². The van der Waals surface area contributed by atoms with Gasteiger partial charge in [0, 0.05) is 56.9 Å². The summed E-state index contributed by atoms with van der Waals surface area (Å²) in [5.41, 5.74) is 5.14. The standard InChI is InChI=1S/C37H48N6O5/c1-8-29(23-40(25-44)22-28-9-12-32(46-7)13-10-28)27(3)47-34-19-30(24-43-35(34)26(2)20-39-43)33-14-11-31(21-38-33)41-15-17-42(18-16-41)36(45)48-37(4,5)6/h9-14,19-21,24-25,27,29H,8,15-18,22-23H2,1-7H3. The molecule has 0 spiro atoms. The van der Waals surface area contributed by atoms with Crippen molar-refractivity contribution in [3.05, 3.63) is 72.2 Å². The number of methoxy groups -OCH3 is 1. The van der Waals surface area contributed by atoms with Crippen LogP contribution in [0.1, 0.15) is 52.2 Å². The molecule has 256 valence electrons. The molecule has 11 heteroatoms. The van der Waals surface area contributed by atoms with Crippen molar-refractivity contribution in [1.29, 1.82) is 0 Å². The lowest BCUT2D eigenvalue weighted by atomic mass is 9.99. The van der Waals surface area contributed by atoms with Gasteiger partial charge in [0.25, 0.3) is 0 Å². The van der Waals surface area contributed by atoms with Gasteiger partial charge in [-0.2, -0.15) is 5.10 Å². The number of aromatic nitrogens is 3. The largest absolute Gasteiger partial charge is 0.497 e. The van der Waals surface area contributed by atoms with Gasteiger partial charge in [0.15, 0.2) is 0 Å². The summed E-state index contributed by atoms with van der Waals surface area (Å²) in [6.45, 7) is 15.5. The molecular formula is C37H48N6O5. The molecule has 11 nitrogen and oxygen atoms in total. The maximum Gasteiger partial charge on any atom is 0.410 e. The summed E-state index contributed by atoms with van der Waals surface area (Å²) in [7, 11) is 1.64. The number of benzene rings is 1. The van der Waals surface area contributed by atoms with E-state index in [1.807, 2.05) is 87.2 Å². The van der Waals surface area contributed by atoms with E-state index in [2.05, 4.69) is 29.9 Å². The maximum atomic E-state index is 12.5. The van der Waals surface area contributed by atoms with Crippen LogP contribution in [0.2, 0.25) is 0 Å². The lowest BCUT2D eigenvalue weighted by molar-refractivity contribution is -0.119. The van der Waals surface area contributed by atoms with E-state index >= 15 is 0 Å². The summed E-state index contributed by atoms with van der Waals surface area (Å²) < 4.78 is 19.3. The topological polar surface area (TPSA) is 102 Å². The highest BCUT2D eigenvalue weighted by molar-refractivity contribution is 5.72. The van der Waals surface area contributed by atoms with E-state index in [0.29, 0.717) is 39.3 Å². The average molecular weight is 657 g/mol. The quantitative estimate of drug-likeness (QED) is 0.166. The van der Waals surface area contributed by atoms with Crippen molar-refractivity contribution in [1.82, 2.24) is 24.4 Å². The summed E-state index contributed by atoms with van der Waals surface area (Å²) in [6.07, 6.45) is 7.01. The molecule has 0 bridgehead atoms. The molecule has 48 heavy (non-hydrogen) atoms. The van der Waals surface area contributed by atoms with Crippen molar-refractivity contribution in [3.8, 4) is 22.8 Å². The molecule has 1 saturated heterocycles. The van der Waals surface area contributed by atoms with Gasteiger partial charge in [0.2, 0.25) is 6.41 Å². The normalized spacial score (nSPS) is 14.8. The molecule has 4 aromatic rings. The summed E-state index contributed by atoms with van der Waals surface area (Å²) in [4.78, 5) is 35.2.